The first-order chi connectivity index (χ1) is 13.6. The Labute approximate surface area is 167 Å². The van der Waals surface area contributed by atoms with Gasteiger partial charge in [-0.05, 0) is 43.2 Å². The van der Waals surface area contributed by atoms with Crippen molar-refractivity contribution in [3.63, 3.8) is 0 Å². The van der Waals surface area contributed by atoms with Crippen LogP contribution in [0.3, 0.4) is 0 Å². The van der Waals surface area contributed by atoms with E-state index in [1.165, 1.54) is 34.8 Å². The summed E-state index contributed by atoms with van der Waals surface area (Å²) in [6, 6.07) is 6.01. The summed E-state index contributed by atoms with van der Waals surface area (Å²) in [5.74, 6) is 0.344. The minimum Gasteiger partial charge on any atom is -0.493 e. The summed E-state index contributed by atoms with van der Waals surface area (Å²) in [5, 5.41) is 7.14. The van der Waals surface area contributed by atoms with Gasteiger partial charge in [-0.25, -0.2) is 0 Å². The first kappa shape index (κ1) is 21.6. The van der Waals surface area contributed by atoms with Gasteiger partial charge >= 0.3 is 6.18 Å². The summed E-state index contributed by atoms with van der Waals surface area (Å²) >= 11 is 0. The number of aromatic nitrogens is 2. The van der Waals surface area contributed by atoms with Gasteiger partial charge < -0.3 is 4.74 Å². The number of aromatic amines is 1. The average Bonchev–Trinajstić information content (AvgIpc) is 3.30. The molecule has 0 aliphatic carbocycles. The molecule has 0 saturated carbocycles. The number of nitrogens with one attached hydrogen (secondary N) is 1. The Kier molecular flexibility index (Phi) is 6.20. The van der Waals surface area contributed by atoms with Crippen LogP contribution in [0, 0.1) is 0 Å². The SMILES string of the molecule is CN(C)S(=O)(=O)N1CCC[C@@H]1c1cc(CCOc2ccc(C(F)(F)F)cc2)[nH]n1. The molecule has 160 valence electrons. The molecule has 0 unspecified atom stereocenters. The third-order valence-electron chi connectivity index (χ3n) is 4.78. The van der Waals surface area contributed by atoms with Crippen LogP contribution < -0.4 is 4.74 Å². The van der Waals surface area contributed by atoms with Crippen molar-refractivity contribution < 1.29 is 26.3 Å². The lowest BCUT2D eigenvalue weighted by Gasteiger charge is -2.25. The highest BCUT2D eigenvalue weighted by molar-refractivity contribution is 7.86. The number of halogens is 3. The molecular formula is C18H23F3N4O3S. The van der Waals surface area contributed by atoms with E-state index in [0.29, 0.717) is 30.8 Å². The maximum Gasteiger partial charge on any atom is 0.416 e. The van der Waals surface area contributed by atoms with E-state index in [2.05, 4.69) is 10.2 Å². The number of hydrogen-bond acceptors (Lipinski definition) is 4. The van der Waals surface area contributed by atoms with Crippen molar-refractivity contribution in [1.82, 2.24) is 18.8 Å². The Balaban J connectivity index is 1.58. The highest BCUT2D eigenvalue weighted by Crippen LogP contribution is 2.34. The summed E-state index contributed by atoms with van der Waals surface area (Å²) in [5.41, 5.74) is 0.690. The van der Waals surface area contributed by atoms with E-state index in [4.69, 9.17) is 4.74 Å². The molecule has 0 radical (unpaired) electrons. The summed E-state index contributed by atoms with van der Waals surface area (Å²) in [7, 11) is -0.525. The molecule has 1 aliphatic rings. The van der Waals surface area contributed by atoms with Gasteiger partial charge in [0.05, 0.1) is 23.9 Å². The first-order valence-corrected chi connectivity index (χ1v) is 10.5. The lowest BCUT2D eigenvalue weighted by atomic mass is 10.1. The molecule has 1 N–H and O–H groups in total. The smallest absolute Gasteiger partial charge is 0.416 e. The fourth-order valence-corrected chi connectivity index (χ4v) is 4.53. The van der Waals surface area contributed by atoms with Crippen molar-refractivity contribution in [1.29, 1.82) is 0 Å². The van der Waals surface area contributed by atoms with Gasteiger partial charge in [-0.15, -0.1) is 0 Å². The van der Waals surface area contributed by atoms with Crippen molar-refractivity contribution in [2.45, 2.75) is 31.5 Å². The molecule has 1 fully saturated rings. The maximum atomic E-state index is 12.6. The fraction of sp³-hybridized carbons (Fsp3) is 0.500. The second-order valence-electron chi connectivity index (χ2n) is 7.00. The van der Waals surface area contributed by atoms with Crippen LogP contribution >= 0.6 is 0 Å². The fourth-order valence-electron chi connectivity index (χ4n) is 3.22. The largest absolute Gasteiger partial charge is 0.493 e. The summed E-state index contributed by atoms with van der Waals surface area (Å²) in [6.45, 7) is 0.696. The molecule has 1 saturated heterocycles. The molecule has 29 heavy (non-hydrogen) atoms. The molecule has 3 rings (SSSR count). The number of alkyl halides is 3. The molecular weight excluding hydrogens is 409 g/mol. The van der Waals surface area contributed by atoms with Crippen LogP contribution in [0.25, 0.3) is 0 Å². The standard InChI is InChI=1S/C18H23F3N4O3S/c1-24(2)29(26,27)25-10-3-4-17(25)16-12-14(22-23-16)9-11-28-15-7-5-13(6-8-15)18(19,20)21/h5-8,12,17H,3-4,9-11H2,1-2H3,(H,22,23)/t17-/m1/s1. The number of benzene rings is 1. The lowest BCUT2D eigenvalue weighted by molar-refractivity contribution is -0.137. The molecule has 2 aromatic rings. The van der Waals surface area contributed by atoms with Crippen LogP contribution in [0.5, 0.6) is 5.75 Å². The zero-order valence-corrected chi connectivity index (χ0v) is 16.9. The number of H-pyrrole nitrogens is 1. The van der Waals surface area contributed by atoms with E-state index in [1.54, 1.807) is 0 Å². The molecule has 1 aliphatic heterocycles. The van der Waals surface area contributed by atoms with E-state index in [0.717, 1.165) is 24.2 Å². The highest BCUT2D eigenvalue weighted by atomic mass is 32.2. The highest BCUT2D eigenvalue weighted by Gasteiger charge is 2.37. The quantitative estimate of drug-likeness (QED) is 0.730. The van der Waals surface area contributed by atoms with E-state index in [-0.39, 0.29) is 12.6 Å². The number of hydrogen-bond donors (Lipinski definition) is 1. The molecule has 1 aromatic heterocycles. The first-order valence-electron chi connectivity index (χ1n) is 9.12. The Morgan fingerprint density at radius 2 is 1.97 bits per heavy atom. The van der Waals surface area contributed by atoms with Gasteiger partial charge in [0.2, 0.25) is 0 Å². The molecule has 1 aromatic carbocycles. The maximum absolute atomic E-state index is 12.6. The van der Waals surface area contributed by atoms with Crippen LogP contribution in [0.1, 0.15) is 35.8 Å². The molecule has 7 nitrogen and oxygen atoms in total. The monoisotopic (exact) mass is 432 g/mol. The zero-order valence-electron chi connectivity index (χ0n) is 16.1. The summed E-state index contributed by atoms with van der Waals surface area (Å²) in [6.07, 6.45) is -2.46. The van der Waals surface area contributed by atoms with Gasteiger partial charge in [0.1, 0.15) is 5.75 Å². The Hall–Kier alpha value is -2.11. The van der Waals surface area contributed by atoms with Gasteiger partial charge in [-0.3, -0.25) is 5.10 Å². The normalized spacial score (nSPS) is 18.5. The van der Waals surface area contributed by atoms with Crippen LogP contribution in [-0.4, -0.2) is 54.5 Å². The third kappa shape index (κ3) is 4.90. The Bertz CT molecular complexity index is 927. The Morgan fingerprint density at radius 1 is 1.28 bits per heavy atom. The lowest BCUT2D eigenvalue weighted by Crippen LogP contribution is -2.39. The molecule has 2 heterocycles. The predicted molar refractivity (Wildman–Crippen MR) is 101 cm³/mol. The summed E-state index contributed by atoms with van der Waals surface area (Å²) in [4.78, 5) is 0. The van der Waals surface area contributed by atoms with Crippen molar-refractivity contribution in [2.24, 2.45) is 0 Å². The van der Waals surface area contributed by atoms with Crippen LogP contribution in [0.2, 0.25) is 0 Å². The van der Waals surface area contributed by atoms with E-state index < -0.39 is 21.9 Å². The van der Waals surface area contributed by atoms with Gasteiger partial charge in [0.15, 0.2) is 0 Å². The second-order valence-corrected chi connectivity index (χ2v) is 9.09. The molecule has 0 bridgehead atoms. The van der Waals surface area contributed by atoms with Crippen LogP contribution in [-0.2, 0) is 22.8 Å². The van der Waals surface area contributed by atoms with Gasteiger partial charge in [-0.2, -0.15) is 35.3 Å². The summed E-state index contributed by atoms with van der Waals surface area (Å²) < 4.78 is 70.8. The Morgan fingerprint density at radius 3 is 2.59 bits per heavy atom. The van der Waals surface area contributed by atoms with Crippen molar-refractivity contribution >= 4 is 10.2 Å². The topological polar surface area (TPSA) is 78.5 Å². The molecule has 1 atom stereocenters. The van der Waals surface area contributed by atoms with E-state index in [9.17, 15) is 21.6 Å². The average molecular weight is 432 g/mol. The van der Waals surface area contributed by atoms with Crippen molar-refractivity contribution in [3.8, 4) is 5.75 Å². The third-order valence-corrected chi connectivity index (χ3v) is 6.73. The van der Waals surface area contributed by atoms with Crippen molar-refractivity contribution in [2.75, 3.05) is 27.2 Å². The van der Waals surface area contributed by atoms with Gasteiger partial charge in [0.25, 0.3) is 10.2 Å². The second kappa shape index (κ2) is 8.33. The van der Waals surface area contributed by atoms with Crippen LogP contribution in [0.4, 0.5) is 13.2 Å². The molecule has 0 spiro atoms. The van der Waals surface area contributed by atoms with Gasteiger partial charge in [0, 0.05) is 32.8 Å². The van der Waals surface area contributed by atoms with Gasteiger partial charge in [-0.1, -0.05) is 0 Å². The van der Waals surface area contributed by atoms with Crippen molar-refractivity contribution in [3.05, 3.63) is 47.3 Å². The van der Waals surface area contributed by atoms with E-state index >= 15 is 0 Å². The zero-order chi connectivity index (χ0) is 21.2. The minimum absolute atomic E-state index is 0.247. The van der Waals surface area contributed by atoms with E-state index in [1.807, 2.05) is 6.07 Å². The molecule has 11 heteroatoms. The number of nitrogens with zero attached hydrogens (tertiary/aromatic N) is 3. The van der Waals surface area contributed by atoms with Crippen LogP contribution in [0.15, 0.2) is 30.3 Å². The number of rotatable bonds is 7. The molecule has 0 amide bonds. The predicted octanol–water partition coefficient (Wildman–Crippen LogP) is 2.99. The minimum atomic E-state index is -4.38. The number of ether oxygens (including phenoxy) is 1.